The van der Waals surface area contributed by atoms with E-state index in [0.29, 0.717) is 11.5 Å². The maximum atomic E-state index is 12.3. The minimum Gasteiger partial charge on any atom is -0.465 e. The molecule has 0 bridgehead atoms. The molecular weight excluding hydrogens is 574 g/mol. The lowest BCUT2D eigenvalue weighted by molar-refractivity contribution is 0.0600. The van der Waals surface area contributed by atoms with Crippen molar-refractivity contribution in [2.75, 3.05) is 7.11 Å². The first-order valence-corrected chi connectivity index (χ1v) is 18.3. The molecule has 0 aliphatic carbocycles. The van der Waals surface area contributed by atoms with Gasteiger partial charge in [0.05, 0.1) is 18.2 Å². The van der Waals surface area contributed by atoms with Gasteiger partial charge in [-0.05, 0) is 81.1 Å². The van der Waals surface area contributed by atoms with Crippen LogP contribution in [0.4, 0.5) is 0 Å². The van der Waals surface area contributed by atoms with E-state index in [-0.39, 0.29) is 5.97 Å². The van der Waals surface area contributed by atoms with E-state index in [1.807, 2.05) is 12.1 Å². The topological polar surface area (TPSA) is 31.2 Å². The lowest BCUT2D eigenvalue weighted by Gasteiger charge is -2.20. The number of nitrogens with zero attached hydrogens (tertiary/aromatic N) is 1. The zero-order valence-electron chi connectivity index (χ0n) is 28.5. The molecule has 0 fully saturated rings. The summed E-state index contributed by atoms with van der Waals surface area (Å²) in [5.41, 5.74) is 5.64. The smallest absolute Gasteiger partial charge is 0.337 e. The molecule has 0 spiro atoms. The van der Waals surface area contributed by atoms with Gasteiger partial charge in [-0.3, -0.25) is 0 Å². The average molecular weight is 624 g/mol. The Kier molecular flexibility index (Phi) is 9.34. The first-order chi connectivity index (χ1) is 23.1. The number of hydrogen-bond donors (Lipinski definition) is 0. The summed E-state index contributed by atoms with van der Waals surface area (Å²) in [5, 5.41) is 10.9. The molecule has 0 aliphatic heterocycles. The molecule has 1 aromatic heterocycles. The molecule has 0 saturated carbocycles. The van der Waals surface area contributed by atoms with E-state index in [4.69, 9.17) is 4.74 Å². The maximum Gasteiger partial charge on any atom is 0.337 e. The fraction of sp³-hybridized carbons (Fsp3) is 0.386. The quantitative estimate of drug-likeness (QED) is 0.0464. The Morgan fingerprint density at radius 2 is 1.26 bits per heavy atom. The number of ether oxygens (including phenoxy) is 1. The number of hydrogen-bond acceptors (Lipinski definition) is 2. The molecule has 3 nitrogen and oxygen atoms in total. The minimum atomic E-state index is -0.301. The van der Waals surface area contributed by atoms with Crippen molar-refractivity contribution in [3.05, 3.63) is 84.4 Å². The molecule has 0 aliphatic rings. The summed E-state index contributed by atoms with van der Waals surface area (Å²) >= 11 is 0. The third-order valence-corrected chi connectivity index (χ3v) is 10.8. The van der Waals surface area contributed by atoms with Crippen LogP contribution in [0.3, 0.4) is 0 Å². The first kappa shape index (κ1) is 31.5. The van der Waals surface area contributed by atoms with Crippen LogP contribution in [0.5, 0.6) is 0 Å². The number of unbranched alkanes of at least 4 members (excludes halogenated alkanes) is 8. The molecular formula is C44H49NO2. The second kappa shape index (κ2) is 13.9. The molecule has 3 heteroatoms. The van der Waals surface area contributed by atoms with Gasteiger partial charge in [0.2, 0.25) is 0 Å². The molecule has 7 aromatic rings. The van der Waals surface area contributed by atoms with Crippen molar-refractivity contribution < 1.29 is 9.53 Å². The van der Waals surface area contributed by atoms with Crippen molar-refractivity contribution in [2.45, 2.75) is 97.4 Å². The number of benzene rings is 6. The third-order valence-electron chi connectivity index (χ3n) is 10.8. The number of esters is 1. The number of carbonyl (C=O) groups is 1. The van der Waals surface area contributed by atoms with Gasteiger partial charge in [0.1, 0.15) is 0 Å². The summed E-state index contributed by atoms with van der Waals surface area (Å²) in [6, 6.07) is 28.8. The molecule has 0 radical (unpaired) electrons. The van der Waals surface area contributed by atoms with Crippen molar-refractivity contribution >= 4 is 60.1 Å². The summed E-state index contributed by atoms with van der Waals surface area (Å²) < 4.78 is 7.69. The number of rotatable bonds is 16. The van der Waals surface area contributed by atoms with Crippen LogP contribution in [0.1, 0.15) is 101 Å². The van der Waals surface area contributed by atoms with Gasteiger partial charge in [-0.25, -0.2) is 4.79 Å². The highest BCUT2D eigenvalue weighted by Crippen LogP contribution is 2.49. The Morgan fingerprint density at radius 3 is 1.98 bits per heavy atom. The van der Waals surface area contributed by atoms with Gasteiger partial charge >= 0.3 is 5.97 Å². The van der Waals surface area contributed by atoms with Crippen LogP contribution in [0, 0.1) is 5.92 Å². The highest BCUT2D eigenvalue weighted by atomic mass is 16.5. The van der Waals surface area contributed by atoms with E-state index in [2.05, 4.69) is 85.1 Å². The molecule has 0 N–H and O–H groups in total. The van der Waals surface area contributed by atoms with Gasteiger partial charge in [0.25, 0.3) is 0 Å². The molecule has 0 saturated heterocycles. The molecule has 7 rings (SSSR count). The Balaban J connectivity index is 1.39. The molecule has 242 valence electrons. The standard InChI is InChI=1S/C44H49NO2/c1-4-6-8-10-11-13-17-30(16-12-9-7-5-2)29-45-38-27-26-32-18-14-19-34-35-20-15-21-36-37(31-22-24-33(25-23-31)44(46)47-3)28-39(45)43(41(35)36)42(38)40(32)34/h14-15,18-28,30H,4-13,16-17,29H2,1-3H3. The molecule has 0 amide bonds. The normalized spacial score (nSPS) is 12.8. The maximum absolute atomic E-state index is 12.3. The number of methoxy groups -OCH3 is 1. The zero-order valence-corrected chi connectivity index (χ0v) is 28.5. The van der Waals surface area contributed by atoms with Crippen LogP contribution in [-0.4, -0.2) is 17.6 Å². The zero-order chi connectivity index (χ0) is 32.3. The Bertz CT molecular complexity index is 2100. The van der Waals surface area contributed by atoms with E-state index in [9.17, 15) is 4.79 Å². The van der Waals surface area contributed by atoms with Gasteiger partial charge < -0.3 is 9.30 Å². The van der Waals surface area contributed by atoms with Crippen LogP contribution >= 0.6 is 0 Å². The molecule has 1 unspecified atom stereocenters. The monoisotopic (exact) mass is 623 g/mol. The van der Waals surface area contributed by atoms with E-state index in [1.54, 1.807) is 0 Å². The van der Waals surface area contributed by atoms with Gasteiger partial charge in [0.15, 0.2) is 0 Å². The summed E-state index contributed by atoms with van der Waals surface area (Å²) in [6.07, 6.45) is 16.0. The molecule has 47 heavy (non-hydrogen) atoms. The molecule has 1 heterocycles. The van der Waals surface area contributed by atoms with Crippen molar-refractivity contribution in [2.24, 2.45) is 5.92 Å². The van der Waals surface area contributed by atoms with Gasteiger partial charge in [0, 0.05) is 28.2 Å². The Hall–Kier alpha value is -4.11. The lowest BCUT2D eigenvalue weighted by atomic mass is 9.87. The minimum absolute atomic E-state index is 0.301. The fourth-order valence-corrected chi connectivity index (χ4v) is 8.35. The van der Waals surface area contributed by atoms with Crippen LogP contribution < -0.4 is 0 Å². The van der Waals surface area contributed by atoms with Crippen molar-refractivity contribution in [3.63, 3.8) is 0 Å². The third kappa shape index (κ3) is 5.83. The van der Waals surface area contributed by atoms with Crippen molar-refractivity contribution in [1.29, 1.82) is 0 Å². The molecule has 1 atom stereocenters. The summed E-state index contributed by atoms with van der Waals surface area (Å²) in [5.74, 6) is 0.363. The SMILES string of the molecule is CCCCCCCCC(CCCCCC)Cn1c2ccc3cccc4c5cccc6c(-c7ccc(C(=O)OC)cc7)cc1c(c65)c2c34. The largest absolute Gasteiger partial charge is 0.465 e. The highest BCUT2D eigenvalue weighted by Gasteiger charge is 2.24. The van der Waals surface area contributed by atoms with Crippen molar-refractivity contribution in [1.82, 2.24) is 4.57 Å². The molecule has 6 aromatic carbocycles. The number of fused-ring (bicyclic) bond motifs is 1. The van der Waals surface area contributed by atoms with Crippen LogP contribution in [0.25, 0.3) is 65.3 Å². The van der Waals surface area contributed by atoms with E-state index < -0.39 is 0 Å². The second-order valence-corrected chi connectivity index (χ2v) is 13.9. The van der Waals surface area contributed by atoms with Crippen molar-refractivity contribution in [3.8, 4) is 11.1 Å². The Morgan fingerprint density at radius 1 is 0.638 bits per heavy atom. The average Bonchev–Trinajstić information content (AvgIpc) is 3.43. The van der Waals surface area contributed by atoms with Crippen LogP contribution in [-0.2, 0) is 11.3 Å². The van der Waals surface area contributed by atoms with E-state index >= 15 is 0 Å². The number of aromatic nitrogens is 1. The highest BCUT2D eigenvalue weighted by molar-refractivity contribution is 6.41. The predicted octanol–water partition coefficient (Wildman–Crippen LogP) is 12.9. The summed E-state index contributed by atoms with van der Waals surface area (Å²) in [6.45, 7) is 5.67. The van der Waals surface area contributed by atoms with Gasteiger partial charge in [-0.15, -0.1) is 0 Å². The van der Waals surface area contributed by atoms with E-state index in [1.165, 1.54) is 144 Å². The predicted molar refractivity (Wildman–Crippen MR) is 201 cm³/mol. The lowest BCUT2D eigenvalue weighted by Crippen LogP contribution is -2.11. The summed E-state index contributed by atoms with van der Waals surface area (Å²) in [4.78, 5) is 12.3. The number of carbonyl (C=O) groups excluding carboxylic acids is 1. The van der Waals surface area contributed by atoms with Crippen LogP contribution in [0.2, 0.25) is 0 Å². The Labute approximate surface area is 279 Å². The fourth-order valence-electron chi connectivity index (χ4n) is 8.35. The summed E-state index contributed by atoms with van der Waals surface area (Å²) in [7, 11) is 1.44. The second-order valence-electron chi connectivity index (χ2n) is 13.9. The van der Waals surface area contributed by atoms with Gasteiger partial charge in [-0.1, -0.05) is 133 Å². The first-order valence-electron chi connectivity index (χ1n) is 18.3. The van der Waals surface area contributed by atoms with Gasteiger partial charge in [-0.2, -0.15) is 0 Å². The van der Waals surface area contributed by atoms with E-state index in [0.717, 1.165) is 12.1 Å². The van der Waals surface area contributed by atoms with Crippen LogP contribution in [0.15, 0.2) is 78.9 Å².